The highest BCUT2D eigenvalue weighted by atomic mass is 16.3. The molecule has 1 heteroatoms. The molecule has 0 bridgehead atoms. The summed E-state index contributed by atoms with van der Waals surface area (Å²) in [6.45, 7) is 13.5. The van der Waals surface area contributed by atoms with Crippen molar-refractivity contribution in [3.8, 4) is 0 Å². The molecule has 1 N–H and O–H groups in total. The van der Waals surface area contributed by atoms with Crippen molar-refractivity contribution in [2.24, 2.45) is 5.92 Å². The Morgan fingerprint density at radius 1 is 1.21 bits per heavy atom. The van der Waals surface area contributed by atoms with Gasteiger partial charge in [-0.05, 0) is 56.3 Å². The lowest BCUT2D eigenvalue weighted by Crippen LogP contribution is -2.27. The summed E-state index contributed by atoms with van der Waals surface area (Å²) in [7, 11) is 0. The summed E-state index contributed by atoms with van der Waals surface area (Å²) in [6.07, 6.45) is 12.8. The zero-order valence-corrected chi connectivity index (χ0v) is 12.7. The Balaban J connectivity index is 2.94. The van der Waals surface area contributed by atoms with Crippen LogP contribution in [0.15, 0.2) is 48.1 Å². The van der Waals surface area contributed by atoms with Crippen LogP contribution in [0.4, 0.5) is 0 Å². The van der Waals surface area contributed by atoms with Crippen LogP contribution < -0.4 is 0 Å². The van der Waals surface area contributed by atoms with Crippen LogP contribution in [0, 0.1) is 5.92 Å². The lowest BCUT2D eigenvalue weighted by molar-refractivity contribution is 0.142. The summed E-state index contributed by atoms with van der Waals surface area (Å²) >= 11 is 0. The first-order valence-corrected chi connectivity index (χ1v) is 7.31. The van der Waals surface area contributed by atoms with E-state index >= 15 is 0 Å². The molecule has 1 saturated carbocycles. The molecule has 0 heterocycles. The Kier molecular flexibility index (Phi) is 5.81. The third kappa shape index (κ3) is 4.21. The first-order valence-electron chi connectivity index (χ1n) is 7.31. The predicted octanol–water partition coefficient (Wildman–Crippen LogP) is 4.95. The minimum Gasteiger partial charge on any atom is -0.381 e. The van der Waals surface area contributed by atoms with Gasteiger partial charge in [-0.15, -0.1) is 0 Å². The number of aliphatic hydroxyl groups is 1. The van der Waals surface area contributed by atoms with E-state index in [1.165, 1.54) is 37.7 Å². The molecule has 0 amide bonds. The van der Waals surface area contributed by atoms with E-state index in [4.69, 9.17) is 0 Å². The van der Waals surface area contributed by atoms with Crippen molar-refractivity contribution in [3.63, 3.8) is 0 Å². The minimum absolute atomic E-state index is 0.614. The van der Waals surface area contributed by atoms with Crippen molar-refractivity contribution >= 4 is 0 Å². The van der Waals surface area contributed by atoms with Crippen molar-refractivity contribution < 1.29 is 5.11 Å². The molecular weight excluding hydrogens is 232 g/mol. The van der Waals surface area contributed by atoms with E-state index in [2.05, 4.69) is 31.4 Å². The van der Waals surface area contributed by atoms with Crippen LogP contribution in [0.2, 0.25) is 0 Å². The molecule has 0 aromatic rings. The van der Waals surface area contributed by atoms with Gasteiger partial charge in [0.15, 0.2) is 0 Å². The van der Waals surface area contributed by atoms with Crippen molar-refractivity contribution in [3.05, 3.63) is 48.1 Å². The SMILES string of the molecule is C=C(C)C(C)(O)C(=C)/C=C(\C=C/C)C1CCCCC1. The maximum absolute atomic E-state index is 10.4. The van der Waals surface area contributed by atoms with Crippen LogP contribution >= 0.6 is 0 Å². The maximum atomic E-state index is 10.4. The van der Waals surface area contributed by atoms with Gasteiger partial charge in [0.2, 0.25) is 0 Å². The van der Waals surface area contributed by atoms with Gasteiger partial charge in [0, 0.05) is 0 Å². The van der Waals surface area contributed by atoms with Crippen LogP contribution in [0.25, 0.3) is 0 Å². The second kappa shape index (κ2) is 6.91. The van der Waals surface area contributed by atoms with Crippen LogP contribution in [0.5, 0.6) is 0 Å². The molecule has 19 heavy (non-hydrogen) atoms. The molecule has 106 valence electrons. The highest BCUT2D eigenvalue weighted by Crippen LogP contribution is 2.33. The first-order chi connectivity index (χ1) is 8.89. The van der Waals surface area contributed by atoms with E-state index in [0.717, 1.165) is 11.1 Å². The molecule has 1 aliphatic rings. The van der Waals surface area contributed by atoms with Crippen LogP contribution in [0.3, 0.4) is 0 Å². The topological polar surface area (TPSA) is 20.2 Å². The van der Waals surface area contributed by atoms with Gasteiger partial charge < -0.3 is 5.11 Å². The van der Waals surface area contributed by atoms with Gasteiger partial charge in [-0.3, -0.25) is 0 Å². The third-order valence-electron chi connectivity index (χ3n) is 4.23. The van der Waals surface area contributed by atoms with Crippen molar-refractivity contribution in [1.29, 1.82) is 0 Å². The number of rotatable bonds is 5. The monoisotopic (exact) mass is 260 g/mol. The van der Waals surface area contributed by atoms with E-state index in [1.54, 1.807) is 6.92 Å². The Labute approximate surface area is 118 Å². The average Bonchev–Trinajstić information content (AvgIpc) is 2.38. The third-order valence-corrected chi connectivity index (χ3v) is 4.23. The second-order valence-electron chi connectivity index (χ2n) is 5.86. The molecule has 1 unspecified atom stereocenters. The molecule has 1 atom stereocenters. The largest absolute Gasteiger partial charge is 0.381 e. The average molecular weight is 260 g/mol. The van der Waals surface area contributed by atoms with Crippen LogP contribution in [-0.2, 0) is 0 Å². The van der Waals surface area contributed by atoms with Crippen LogP contribution in [0.1, 0.15) is 52.9 Å². The fourth-order valence-corrected chi connectivity index (χ4v) is 2.55. The summed E-state index contributed by atoms with van der Waals surface area (Å²) in [4.78, 5) is 0. The minimum atomic E-state index is -1.01. The van der Waals surface area contributed by atoms with Gasteiger partial charge in [0.25, 0.3) is 0 Å². The first kappa shape index (κ1) is 16.0. The van der Waals surface area contributed by atoms with E-state index in [9.17, 15) is 5.11 Å². The van der Waals surface area contributed by atoms with Crippen molar-refractivity contribution in [2.45, 2.75) is 58.5 Å². The Bertz CT molecular complexity index is 390. The molecule has 1 nitrogen and oxygen atoms in total. The summed E-state index contributed by atoms with van der Waals surface area (Å²) in [6, 6.07) is 0. The number of hydrogen-bond acceptors (Lipinski definition) is 1. The van der Waals surface area contributed by atoms with Crippen LogP contribution in [-0.4, -0.2) is 10.7 Å². The quantitative estimate of drug-likeness (QED) is 0.547. The molecule has 0 aromatic carbocycles. The number of allylic oxidation sites excluding steroid dienone is 3. The molecule has 0 saturated heterocycles. The molecule has 1 rings (SSSR count). The highest BCUT2D eigenvalue weighted by molar-refractivity contribution is 5.39. The summed E-state index contributed by atoms with van der Waals surface area (Å²) in [5, 5.41) is 10.4. The molecular formula is C18H28O. The van der Waals surface area contributed by atoms with Gasteiger partial charge in [-0.2, -0.15) is 0 Å². The summed E-state index contributed by atoms with van der Waals surface area (Å²) in [5.41, 5.74) is 1.76. The van der Waals surface area contributed by atoms with E-state index < -0.39 is 5.60 Å². The van der Waals surface area contributed by atoms with Gasteiger partial charge >= 0.3 is 0 Å². The Morgan fingerprint density at radius 2 is 1.79 bits per heavy atom. The van der Waals surface area contributed by atoms with Crippen molar-refractivity contribution in [2.75, 3.05) is 0 Å². The Morgan fingerprint density at radius 3 is 2.26 bits per heavy atom. The number of hydrogen-bond donors (Lipinski definition) is 1. The Hall–Kier alpha value is -1.08. The maximum Gasteiger partial charge on any atom is 0.107 e. The van der Waals surface area contributed by atoms with Gasteiger partial charge in [-0.25, -0.2) is 0 Å². The van der Waals surface area contributed by atoms with Gasteiger partial charge in [-0.1, -0.05) is 50.6 Å². The molecule has 1 fully saturated rings. The molecule has 0 radical (unpaired) electrons. The molecule has 0 aliphatic heterocycles. The van der Waals surface area contributed by atoms with Gasteiger partial charge in [0.05, 0.1) is 0 Å². The lowest BCUT2D eigenvalue weighted by Gasteiger charge is -2.27. The van der Waals surface area contributed by atoms with E-state index in [0.29, 0.717) is 5.92 Å². The van der Waals surface area contributed by atoms with Crippen molar-refractivity contribution in [1.82, 2.24) is 0 Å². The molecule has 0 aromatic heterocycles. The summed E-state index contributed by atoms with van der Waals surface area (Å²) < 4.78 is 0. The molecule has 1 aliphatic carbocycles. The smallest absolute Gasteiger partial charge is 0.107 e. The van der Waals surface area contributed by atoms with E-state index in [1.807, 2.05) is 13.8 Å². The second-order valence-corrected chi connectivity index (χ2v) is 5.86. The normalized spacial score (nSPS) is 21.4. The zero-order valence-electron chi connectivity index (χ0n) is 12.7. The zero-order chi connectivity index (χ0) is 14.5. The predicted molar refractivity (Wildman–Crippen MR) is 84.0 cm³/mol. The molecule has 0 spiro atoms. The standard InChI is InChI=1S/C18H28O/c1-6-10-17(16-11-8-7-9-12-16)13-15(4)18(5,19)14(2)3/h6,10,13,16,19H,2,4,7-9,11-12H2,1,3,5H3/b10-6-,17-13+. The highest BCUT2D eigenvalue weighted by Gasteiger charge is 2.25. The fourth-order valence-electron chi connectivity index (χ4n) is 2.55. The summed E-state index contributed by atoms with van der Waals surface area (Å²) in [5.74, 6) is 0.614. The van der Waals surface area contributed by atoms with Gasteiger partial charge in [0.1, 0.15) is 5.60 Å². The lowest BCUT2D eigenvalue weighted by atomic mass is 9.81. The van der Waals surface area contributed by atoms with E-state index in [-0.39, 0.29) is 0 Å². The fraction of sp³-hybridized carbons (Fsp3) is 0.556.